The summed E-state index contributed by atoms with van der Waals surface area (Å²) < 4.78 is 7.57. The van der Waals surface area contributed by atoms with Crippen LogP contribution in [0, 0.1) is 0 Å². The highest BCUT2D eigenvalue weighted by Gasteiger charge is 2.21. The molecule has 2 aromatic rings. The summed E-state index contributed by atoms with van der Waals surface area (Å²) >= 11 is 6.21. The fraction of sp³-hybridized carbons (Fsp3) is 0.438. The number of ether oxygens (including phenoxy) is 1. The van der Waals surface area contributed by atoms with Crippen LogP contribution < -0.4 is 10.5 Å². The number of nitrogens with zero attached hydrogens (tertiary/aromatic N) is 2. The van der Waals surface area contributed by atoms with E-state index in [1.165, 1.54) is 5.56 Å². The van der Waals surface area contributed by atoms with Crippen molar-refractivity contribution in [2.24, 2.45) is 12.8 Å². The number of hydrogen-bond donors (Lipinski definition) is 1. The highest BCUT2D eigenvalue weighted by atomic mass is 35.5. The molecule has 0 amide bonds. The number of aryl methyl sites for hydroxylation is 2. The van der Waals surface area contributed by atoms with Gasteiger partial charge in [0.25, 0.3) is 0 Å². The number of rotatable bonds is 4. The Labute approximate surface area is 129 Å². The Morgan fingerprint density at radius 2 is 2.29 bits per heavy atom. The van der Waals surface area contributed by atoms with Gasteiger partial charge in [0.2, 0.25) is 0 Å². The van der Waals surface area contributed by atoms with Gasteiger partial charge < -0.3 is 10.5 Å². The van der Waals surface area contributed by atoms with E-state index < -0.39 is 0 Å². The van der Waals surface area contributed by atoms with Gasteiger partial charge >= 0.3 is 0 Å². The number of nitrogens with two attached hydrogens (primary N) is 1. The number of fused-ring (bicyclic) bond motifs is 1. The zero-order chi connectivity index (χ0) is 15.0. The van der Waals surface area contributed by atoms with Gasteiger partial charge in [-0.15, -0.1) is 0 Å². The Kier molecular flexibility index (Phi) is 3.91. The average Bonchev–Trinajstić information content (AvgIpc) is 3.04. The van der Waals surface area contributed by atoms with Gasteiger partial charge in [-0.2, -0.15) is 5.10 Å². The molecule has 0 bridgehead atoms. The number of aromatic nitrogens is 2. The molecule has 0 spiro atoms. The molecule has 21 heavy (non-hydrogen) atoms. The van der Waals surface area contributed by atoms with Crippen LogP contribution in [0.1, 0.15) is 35.3 Å². The average molecular weight is 306 g/mol. The lowest BCUT2D eigenvalue weighted by molar-refractivity contribution is 0.352. The minimum atomic E-state index is -0.0968. The van der Waals surface area contributed by atoms with E-state index in [0.29, 0.717) is 6.42 Å². The molecule has 0 aliphatic carbocycles. The Morgan fingerprint density at radius 1 is 1.48 bits per heavy atom. The van der Waals surface area contributed by atoms with Crippen LogP contribution in [0.25, 0.3) is 0 Å². The molecule has 2 N–H and O–H groups in total. The first-order valence-electron chi connectivity index (χ1n) is 7.30. The van der Waals surface area contributed by atoms with Crippen molar-refractivity contribution >= 4 is 11.6 Å². The van der Waals surface area contributed by atoms with Crippen molar-refractivity contribution in [3.05, 3.63) is 45.7 Å². The van der Waals surface area contributed by atoms with Gasteiger partial charge in [0.1, 0.15) is 5.75 Å². The molecule has 0 saturated carbocycles. The fourth-order valence-corrected chi connectivity index (χ4v) is 3.25. The SMILES string of the molecule is CCc1nn(C)cc1C(N)Cc1cc(Cl)cc2c1OCC2. The summed E-state index contributed by atoms with van der Waals surface area (Å²) in [6, 6.07) is 3.86. The van der Waals surface area contributed by atoms with E-state index in [4.69, 9.17) is 22.1 Å². The van der Waals surface area contributed by atoms with Crippen molar-refractivity contribution in [3.8, 4) is 5.75 Å². The van der Waals surface area contributed by atoms with Crippen LogP contribution in [0.2, 0.25) is 5.02 Å². The second-order valence-corrected chi connectivity index (χ2v) is 5.96. The van der Waals surface area contributed by atoms with E-state index in [0.717, 1.165) is 47.0 Å². The van der Waals surface area contributed by atoms with Crippen LogP contribution in [-0.2, 0) is 26.3 Å². The Hall–Kier alpha value is -1.52. The van der Waals surface area contributed by atoms with Crippen molar-refractivity contribution in [2.45, 2.75) is 32.2 Å². The van der Waals surface area contributed by atoms with Crippen LogP contribution in [0.4, 0.5) is 0 Å². The summed E-state index contributed by atoms with van der Waals surface area (Å²) in [4.78, 5) is 0. The van der Waals surface area contributed by atoms with E-state index in [2.05, 4.69) is 12.0 Å². The lowest BCUT2D eigenvalue weighted by Gasteiger charge is -2.14. The van der Waals surface area contributed by atoms with E-state index >= 15 is 0 Å². The maximum Gasteiger partial charge on any atom is 0.125 e. The fourth-order valence-electron chi connectivity index (χ4n) is 2.98. The van der Waals surface area contributed by atoms with Gasteiger partial charge in [-0.3, -0.25) is 4.68 Å². The number of halogens is 1. The van der Waals surface area contributed by atoms with Gasteiger partial charge in [0.15, 0.2) is 0 Å². The van der Waals surface area contributed by atoms with Gasteiger partial charge in [0, 0.05) is 36.3 Å². The smallest absolute Gasteiger partial charge is 0.125 e. The zero-order valence-electron chi connectivity index (χ0n) is 12.4. The predicted molar refractivity (Wildman–Crippen MR) is 83.9 cm³/mol. The molecule has 4 nitrogen and oxygen atoms in total. The lowest BCUT2D eigenvalue weighted by Crippen LogP contribution is -2.15. The molecule has 1 aliphatic rings. The van der Waals surface area contributed by atoms with Crippen LogP contribution in [0.15, 0.2) is 18.3 Å². The summed E-state index contributed by atoms with van der Waals surface area (Å²) in [6.45, 7) is 2.82. The van der Waals surface area contributed by atoms with E-state index in [-0.39, 0.29) is 6.04 Å². The summed E-state index contributed by atoms with van der Waals surface area (Å²) in [5, 5.41) is 5.21. The maximum atomic E-state index is 6.41. The Balaban J connectivity index is 1.90. The molecular weight excluding hydrogens is 286 g/mol. The third-order valence-electron chi connectivity index (χ3n) is 3.94. The lowest BCUT2D eigenvalue weighted by atomic mass is 9.97. The van der Waals surface area contributed by atoms with Crippen LogP contribution in [-0.4, -0.2) is 16.4 Å². The molecule has 1 aromatic heterocycles. The normalized spacial score (nSPS) is 14.9. The summed E-state index contributed by atoms with van der Waals surface area (Å²) in [5.74, 6) is 0.969. The molecule has 0 radical (unpaired) electrons. The molecule has 1 atom stereocenters. The van der Waals surface area contributed by atoms with Crippen molar-refractivity contribution in [3.63, 3.8) is 0 Å². The highest BCUT2D eigenvalue weighted by Crippen LogP contribution is 2.35. The molecule has 1 aromatic carbocycles. The van der Waals surface area contributed by atoms with Crippen LogP contribution >= 0.6 is 11.6 Å². The first-order chi connectivity index (χ1) is 10.1. The van der Waals surface area contributed by atoms with Crippen molar-refractivity contribution in [2.75, 3.05) is 6.61 Å². The van der Waals surface area contributed by atoms with Gasteiger partial charge in [-0.05, 0) is 36.1 Å². The standard InChI is InChI=1S/C16H20ClN3O/c1-3-15-13(9-20(2)19-15)14(18)8-11-7-12(17)6-10-4-5-21-16(10)11/h6-7,9,14H,3-5,8,18H2,1-2H3. The first-order valence-corrected chi connectivity index (χ1v) is 7.68. The molecule has 1 unspecified atom stereocenters. The maximum absolute atomic E-state index is 6.41. The Bertz CT molecular complexity index is 666. The molecule has 5 heteroatoms. The summed E-state index contributed by atoms with van der Waals surface area (Å²) in [6.07, 6.45) is 4.52. The monoisotopic (exact) mass is 305 g/mol. The second kappa shape index (κ2) is 5.70. The molecule has 0 saturated heterocycles. The van der Waals surface area contributed by atoms with Crippen LogP contribution in [0.3, 0.4) is 0 Å². The summed E-state index contributed by atoms with van der Waals surface area (Å²) in [7, 11) is 1.93. The molecule has 3 rings (SSSR count). The van der Waals surface area contributed by atoms with Crippen LogP contribution in [0.5, 0.6) is 5.75 Å². The van der Waals surface area contributed by atoms with Gasteiger partial charge in [0.05, 0.1) is 12.3 Å². The van der Waals surface area contributed by atoms with Crippen molar-refractivity contribution in [1.82, 2.24) is 9.78 Å². The predicted octanol–water partition coefficient (Wildman–Crippen LogP) is 2.81. The van der Waals surface area contributed by atoms with E-state index in [1.54, 1.807) is 0 Å². The second-order valence-electron chi connectivity index (χ2n) is 5.52. The topological polar surface area (TPSA) is 53.1 Å². The third-order valence-corrected chi connectivity index (χ3v) is 4.16. The third kappa shape index (κ3) is 2.78. The van der Waals surface area contributed by atoms with Gasteiger partial charge in [-0.25, -0.2) is 0 Å². The minimum Gasteiger partial charge on any atom is -0.493 e. The number of hydrogen-bond acceptors (Lipinski definition) is 3. The van der Waals surface area contributed by atoms with Crippen molar-refractivity contribution in [1.29, 1.82) is 0 Å². The van der Waals surface area contributed by atoms with E-state index in [9.17, 15) is 0 Å². The quantitative estimate of drug-likeness (QED) is 0.945. The van der Waals surface area contributed by atoms with E-state index in [1.807, 2.05) is 30.1 Å². The molecule has 2 heterocycles. The highest BCUT2D eigenvalue weighted by molar-refractivity contribution is 6.30. The molecule has 0 fully saturated rings. The first kappa shape index (κ1) is 14.4. The molecular formula is C16H20ClN3O. The minimum absolute atomic E-state index is 0.0968. The molecule has 112 valence electrons. The Morgan fingerprint density at radius 3 is 3.05 bits per heavy atom. The largest absolute Gasteiger partial charge is 0.493 e. The molecule has 1 aliphatic heterocycles. The zero-order valence-corrected chi connectivity index (χ0v) is 13.2. The summed E-state index contributed by atoms with van der Waals surface area (Å²) in [5.41, 5.74) is 10.8. The van der Waals surface area contributed by atoms with Gasteiger partial charge in [-0.1, -0.05) is 18.5 Å². The number of benzene rings is 1. The van der Waals surface area contributed by atoms with Crippen molar-refractivity contribution < 1.29 is 4.74 Å².